The lowest BCUT2D eigenvalue weighted by Crippen LogP contribution is -2.40. The quantitative estimate of drug-likeness (QED) is 0.485. The topological polar surface area (TPSA) is 97.0 Å². The predicted octanol–water partition coefficient (Wildman–Crippen LogP) is 2.66. The maximum Gasteiger partial charge on any atom is 0.243 e. The second-order valence-corrected chi connectivity index (χ2v) is 10.1. The van der Waals surface area contributed by atoms with E-state index in [0.717, 1.165) is 12.8 Å². The normalized spacial score (nSPS) is 14.8. The Morgan fingerprint density at radius 1 is 1.12 bits per heavy atom. The maximum absolute atomic E-state index is 13.0. The van der Waals surface area contributed by atoms with Gasteiger partial charge in [-0.05, 0) is 50.5 Å². The lowest BCUT2D eigenvalue weighted by Gasteiger charge is -2.26. The van der Waals surface area contributed by atoms with Crippen LogP contribution in [0, 0.1) is 0 Å². The van der Waals surface area contributed by atoms with Crippen molar-refractivity contribution >= 4 is 21.6 Å². The number of nitrogens with one attached hydrogen (secondary N) is 2. The fraction of sp³-hybridized carbons (Fsp3) is 0.458. The number of nitrogens with zero attached hydrogens (tertiary/aromatic N) is 1. The van der Waals surface area contributed by atoms with Gasteiger partial charge >= 0.3 is 0 Å². The van der Waals surface area contributed by atoms with Crippen LogP contribution in [0.3, 0.4) is 0 Å². The van der Waals surface area contributed by atoms with Gasteiger partial charge in [-0.3, -0.25) is 4.79 Å². The zero-order valence-electron chi connectivity index (χ0n) is 19.2. The number of ether oxygens (including phenoxy) is 2. The van der Waals surface area contributed by atoms with E-state index >= 15 is 0 Å². The van der Waals surface area contributed by atoms with Gasteiger partial charge in [-0.25, -0.2) is 8.42 Å². The highest BCUT2D eigenvalue weighted by atomic mass is 32.2. The molecule has 0 unspecified atom stereocenters. The van der Waals surface area contributed by atoms with E-state index in [1.165, 1.54) is 22.0 Å². The van der Waals surface area contributed by atoms with Crippen molar-refractivity contribution in [3.8, 4) is 5.75 Å². The van der Waals surface area contributed by atoms with Crippen LogP contribution in [0.2, 0.25) is 0 Å². The predicted molar refractivity (Wildman–Crippen MR) is 128 cm³/mol. The highest BCUT2D eigenvalue weighted by molar-refractivity contribution is 7.89. The SMILES string of the molecule is CC(C)Oc1ccc(S(=O)(=O)N2CCOCC2)cc1NCC(=O)NCCCc1ccccc1. The van der Waals surface area contributed by atoms with Gasteiger partial charge in [0.25, 0.3) is 0 Å². The largest absolute Gasteiger partial charge is 0.489 e. The zero-order valence-corrected chi connectivity index (χ0v) is 20.1. The summed E-state index contributed by atoms with van der Waals surface area (Å²) in [4.78, 5) is 12.5. The Bertz CT molecular complexity index is 1010. The standard InChI is InChI=1S/C24H33N3O5S/c1-19(2)32-23-11-10-21(33(29,30)27-13-15-31-16-14-27)17-22(23)26-18-24(28)25-12-6-9-20-7-4-3-5-8-20/h3-5,7-8,10-11,17,19,26H,6,9,12-16,18H2,1-2H3,(H,25,28). The van der Waals surface area contributed by atoms with Crippen molar-refractivity contribution < 1.29 is 22.7 Å². The molecule has 1 heterocycles. The molecule has 180 valence electrons. The Labute approximate surface area is 196 Å². The number of benzene rings is 2. The molecular formula is C24H33N3O5S. The van der Waals surface area contributed by atoms with Gasteiger partial charge < -0.3 is 20.1 Å². The monoisotopic (exact) mass is 475 g/mol. The molecule has 1 amide bonds. The molecule has 1 fully saturated rings. The number of hydrogen-bond donors (Lipinski definition) is 2. The van der Waals surface area contributed by atoms with Crippen LogP contribution in [-0.2, 0) is 26.0 Å². The maximum atomic E-state index is 13.0. The molecule has 0 aromatic heterocycles. The third kappa shape index (κ3) is 7.45. The summed E-state index contributed by atoms with van der Waals surface area (Å²) in [6.07, 6.45) is 1.63. The molecular weight excluding hydrogens is 442 g/mol. The van der Waals surface area contributed by atoms with Crippen LogP contribution < -0.4 is 15.4 Å². The molecule has 1 aliphatic rings. The minimum Gasteiger partial charge on any atom is -0.489 e. The molecule has 8 nitrogen and oxygen atoms in total. The summed E-state index contributed by atoms with van der Waals surface area (Å²) >= 11 is 0. The Hall–Kier alpha value is -2.62. The number of carbonyl (C=O) groups excluding carboxylic acids is 1. The summed E-state index contributed by atoms with van der Waals surface area (Å²) in [5.74, 6) is 0.336. The van der Waals surface area contributed by atoms with Gasteiger partial charge in [-0.1, -0.05) is 30.3 Å². The minimum absolute atomic E-state index is 0.0147. The number of rotatable bonds is 11. The molecule has 0 radical (unpaired) electrons. The lowest BCUT2D eigenvalue weighted by molar-refractivity contribution is -0.119. The van der Waals surface area contributed by atoms with Crippen LogP contribution in [0.25, 0.3) is 0 Å². The first-order valence-corrected chi connectivity index (χ1v) is 12.7. The van der Waals surface area contributed by atoms with Gasteiger partial charge in [-0.2, -0.15) is 4.31 Å². The molecule has 3 rings (SSSR count). The second-order valence-electron chi connectivity index (χ2n) is 8.13. The van der Waals surface area contributed by atoms with Gasteiger partial charge in [0, 0.05) is 19.6 Å². The summed E-state index contributed by atoms with van der Waals surface area (Å²) in [7, 11) is -3.66. The smallest absolute Gasteiger partial charge is 0.243 e. The molecule has 0 atom stereocenters. The van der Waals surface area contributed by atoms with Gasteiger partial charge in [0.15, 0.2) is 0 Å². The zero-order chi connectivity index (χ0) is 23.7. The van der Waals surface area contributed by atoms with Gasteiger partial charge in [0.2, 0.25) is 15.9 Å². The van der Waals surface area contributed by atoms with Crippen LogP contribution in [0.5, 0.6) is 5.75 Å². The van der Waals surface area contributed by atoms with Crippen molar-refractivity contribution in [1.29, 1.82) is 0 Å². The van der Waals surface area contributed by atoms with E-state index in [9.17, 15) is 13.2 Å². The molecule has 0 spiro atoms. The lowest BCUT2D eigenvalue weighted by atomic mass is 10.1. The van der Waals surface area contributed by atoms with E-state index in [-0.39, 0.29) is 23.5 Å². The van der Waals surface area contributed by atoms with Gasteiger partial charge in [0.05, 0.1) is 36.4 Å². The first kappa shape index (κ1) is 25.0. The molecule has 2 N–H and O–H groups in total. The number of carbonyl (C=O) groups is 1. The van der Waals surface area contributed by atoms with E-state index < -0.39 is 10.0 Å². The third-order valence-electron chi connectivity index (χ3n) is 5.17. The van der Waals surface area contributed by atoms with Gasteiger partial charge in [0.1, 0.15) is 5.75 Å². The van der Waals surface area contributed by atoms with Crippen LogP contribution in [-0.4, -0.2) is 64.1 Å². The molecule has 33 heavy (non-hydrogen) atoms. The van der Waals surface area contributed by atoms with E-state index in [2.05, 4.69) is 22.8 Å². The third-order valence-corrected chi connectivity index (χ3v) is 7.06. The summed E-state index contributed by atoms with van der Waals surface area (Å²) in [5.41, 5.74) is 1.70. The molecule has 1 saturated heterocycles. The van der Waals surface area contributed by atoms with E-state index in [0.29, 0.717) is 44.3 Å². The highest BCUT2D eigenvalue weighted by Crippen LogP contribution is 2.30. The van der Waals surface area contributed by atoms with Crippen molar-refractivity contribution in [2.45, 2.75) is 37.7 Å². The molecule has 2 aromatic rings. The number of aryl methyl sites for hydroxylation is 1. The molecule has 0 saturated carbocycles. The Kier molecular flexibility index (Phi) is 9.11. The molecule has 9 heteroatoms. The van der Waals surface area contributed by atoms with Crippen molar-refractivity contribution in [3.63, 3.8) is 0 Å². The van der Waals surface area contributed by atoms with Crippen molar-refractivity contribution in [1.82, 2.24) is 9.62 Å². The second kappa shape index (κ2) is 12.0. The molecule has 0 bridgehead atoms. The molecule has 0 aliphatic carbocycles. The van der Waals surface area contributed by atoms with Crippen LogP contribution in [0.1, 0.15) is 25.8 Å². The fourth-order valence-corrected chi connectivity index (χ4v) is 4.94. The van der Waals surface area contributed by atoms with Crippen molar-refractivity contribution in [2.24, 2.45) is 0 Å². The number of amides is 1. The first-order valence-electron chi connectivity index (χ1n) is 11.3. The average Bonchev–Trinajstić information content (AvgIpc) is 2.82. The Morgan fingerprint density at radius 3 is 2.55 bits per heavy atom. The molecule has 1 aliphatic heterocycles. The van der Waals surface area contributed by atoms with Crippen molar-refractivity contribution in [3.05, 3.63) is 54.1 Å². The fourth-order valence-electron chi connectivity index (χ4n) is 3.50. The van der Waals surface area contributed by atoms with Gasteiger partial charge in [-0.15, -0.1) is 0 Å². The number of anilines is 1. The van der Waals surface area contributed by atoms with Crippen LogP contribution in [0.4, 0.5) is 5.69 Å². The highest BCUT2D eigenvalue weighted by Gasteiger charge is 2.27. The molecule has 2 aromatic carbocycles. The summed E-state index contributed by atoms with van der Waals surface area (Å²) in [6, 6.07) is 14.8. The van der Waals surface area contributed by atoms with Crippen LogP contribution in [0.15, 0.2) is 53.4 Å². The van der Waals surface area contributed by atoms with Crippen molar-refractivity contribution in [2.75, 3.05) is 44.7 Å². The van der Waals surface area contributed by atoms with E-state index in [1.54, 1.807) is 6.07 Å². The summed E-state index contributed by atoms with van der Waals surface area (Å²) in [6.45, 7) is 5.76. The van der Waals surface area contributed by atoms with Crippen LogP contribution >= 0.6 is 0 Å². The Balaban J connectivity index is 1.60. The first-order chi connectivity index (χ1) is 15.9. The number of sulfonamides is 1. The summed E-state index contributed by atoms with van der Waals surface area (Å²) < 4.78 is 38.5. The van der Waals surface area contributed by atoms with E-state index in [1.807, 2.05) is 32.0 Å². The number of morpholine rings is 1. The minimum atomic E-state index is -3.66. The Morgan fingerprint density at radius 2 is 1.85 bits per heavy atom. The summed E-state index contributed by atoms with van der Waals surface area (Å²) in [5, 5.41) is 5.95. The average molecular weight is 476 g/mol. The number of hydrogen-bond acceptors (Lipinski definition) is 6. The van der Waals surface area contributed by atoms with E-state index in [4.69, 9.17) is 9.47 Å².